The molecule has 7 nitrogen and oxygen atoms in total. The molecule has 162 valence electrons. The summed E-state index contributed by atoms with van der Waals surface area (Å²) in [5.41, 5.74) is 2.77. The molecular weight excluding hydrogens is 412 g/mol. The molecule has 0 bridgehead atoms. The molecule has 1 aliphatic carbocycles. The van der Waals surface area contributed by atoms with Crippen molar-refractivity contribution in [3.63, 3.8) is 0 Å². The largest absolute Gasteiger partial charge is 0.467 e. The normalized spacial score (nSPS) is 14.5. The molecule has 0 radical (unpaired) electrons. The first-order valence-electron chi connectivity index (χ1n) is 10.4. The first kappa shape index (κ1) is 21.2. The number of benzene rings is 1. The number of hydrogen-bond acceptors (Lipinski definition) is 6. The lowest BCUT2D eigenvalue weighted by Crippen LogP contribution is -2.49. The average Bonchev–Trinajstić information content (AvgIpc) is 3.44. The highest BCUT2D eigenvalue weighted by Crippen LogP contribution is 2.36. The number of amides is 2. The SMILES string of the molecule is CC(C)(C)NC(=O)C(c1ccco1)N(C(=O)c1csnn1)c1cccc2c1CCCC2. The second-order valence-corrected chi connectivity index (χ2v) is 9.35. The van der Waals surface area contributed by atoms with E-state index in [2.05, 4.69) is 21.0 Å². The van der Waals surface area contributed by atoms with Crippen LogP contribution in [0.4, 0.5) is 5.69 Å². The molecule has 1 aromatic carbocycles. The predicted octanol–water partition coefficient (Wildman–Crippen LogP) is 4.31. The molecule has 1 N–H and O–H groups in total. The lowest BCUT2D eigenvalue weighted by molar-refractivity contribution is -0.124. The Kier molecular flexibility index (Phi) is 5.91. The van der Waals surface area contributed by atoms with Gasteiger partial charge in [-0.05, 0) is 87.3 Å². The van der Waals surface area contributed by atoms with Crippen LogP contribution >= 0.6 is 11.5 Å². The Bertz CT molecular complexity index is 1060. The molecule has 31 heavy (non-hydrogen) atoms. The van der Waals surface area contributed by atoms with Crippen LogP contribution in [0.1, 0.15) is 67.0 Å². The summed E-state index contributed by atoms with van der Waals surface area (Å²) >= 11 is 1.10. The fourth-order valence-corrected chi connectivity index (χ4v) is 4.42. The molecule has 2 heterocycles. The first-order chi connectivity index (χ1) is 14.8. The Morgan fingerprint density at radius 2 is 1.97 bits per heavy atom. The maximum Gasteiger partial charge on any atom is 0.280 e. The fourth-order valence-electron chi connectivity index (χ4n) is 3.99. The molecule has 1 unspecified atom stereocenters. The van der Waals surface area contributed by atoms with E-state index in [-0.39, 0.29) is 17.5 Å². The van der Waals surface area contributed by atoms with Crippen LogP contribution in [0.25, 0.3) is 0 Å². The van der Waals surface area contributed by atoms with E-state index >= 15 is 0 Å². The Balaban J connectivity index is 1.88. The third-order valence-corrected chi connectivity index (χ3v) is 5.75. The number of fused-ring (bicyclic) bond motifs is 1. The van der Waals surface area contributed by atoms with Gasteiger partial charge in [0.25, 0.3) is 11.8 Å². The van der Waals surface area contributed by atoms with Crippen molar-refractivity contribution in [2.45, 2.75) is 58.0 Å². The summed E-state index contributed by atoms with van der Waals surface area (Å²) in [6.07, 6.45) is 5.50. The molecule has 8 heteroatoms. The molecule has 3 aromatic rings. The van der Waals surface area contributed by atoms with Crippen LogP contribution in [-0.2, 0) is 17.6 Å². The number of carbonyl (C=O) groups excluding carboxylic acids is 2. The highest BCUT2D eigenvalue weighted by Gasteiger charge is 2.38. The number of nitrogens with one attached hydrogen (secondary N) is 1. The number of furan rings is 1. The molecular formula is C23H26N4O3S. The third-order valence-electron chi connectivity index (χ3n) is 5.25. The van der Waals surface area contributed by atoms with E-state index in [1.807, 2.05) is 32.9 Å². The van der Waals surface area contributed by atoms with Crippen LogP contribution in [-0.4, -0.2) is 26.9 Å². The molecule has 1 atom stereocenters. The highest BCUT2D eigenvalue weighted by atomic mass is 32.1. The minimum absolute atomic E-state index is 0.207. The lowest BCUT2D eigenvalue weighted by Gasteiger charge is -2.34. The van der Waals surface area contributed by atoms with E-state index in [4.69, 9.17) is 4.42 Å². The summed E-state index contributed by atoms with van der Waals surface area (Å²) in [5.74, 6) is -0.294. The van der Waals surface area contributed by atoms with Gasteiger partial charge in [0.2, 0.25) is 0 Å². The van der Waals surface area contributed by atoms with Gasteiger partial charge in [0.05, 0.1) is 6.26 Å². The second kappa shape index (κ2) is 8.63. The van der Waals surface area contributed by atoms with Crippen LogP contribution in [0.3, 0.4) is 0 Å². The highest BCUT2D eigenvalue weighted by molar-refractivity contribution is 7.03. The number of rotatable bonds is 5. The Morgan fingerprint density at radius 1 is 1.16 bits per heavy atom. The molecule has 1 aliphatic rings. The van der Waals surface area contributed by atoms with Crippen molar-refractivity contribution < 1.29 is 14.0 Å². The molecule has 0 spiro atoms. The minimum atomic E-state index is -0.975. The topological polar surface area (TPSA) is 88.3 Å². The molecule has 2 aromatic heterocycles. The maximum absolute atomic E-state index is 13.7. The standard InChI is InChI=1S/C23H26N4O3S/c1-23(2,3)24-21(28)20(19-12-7-13-30-19)27(22(29)17-14-31-26-25-17)18-11-6-9-15-8-4-5-10-16(15)18/h6-7,9,11-14,20H,4-5,8,10H2,1-3H3,(H,24,28). The van der Waals surface area contributed by atoms with Gasteiger partial charge < -0.3 is 9.73 Å². The lowest BCUT2D eigenvalue weighted by atomic mass is 9.89. The summed E-state index contributed by atoms with van der Waals surface area (Å²) in [4.78, 5) is 28.8. The molecule has 0 aliphatic heterocycles. The number of anilines is 1. The van der Waals surface area contributed by atoms with Crippen molar-refractivity contribution in [1.29, 1.82) is 0 Å². The van der Waals surface area contributed by atoms with Gasteiger partial charge >= 0.3 is 0 Å². The Labute approximate surface area is 185 Å². The summed E-state index contributed by atoms with van der Waals surface area (Å²) < 4.78 is 9.51. The monoisotopic (exact) mass is 438 g/mol. The first-order valence-corrected chi connectivity index (χ1v) is 11.3. The Hall–Kier alpha value is -3.00. The number of aryl methyl sites for hydroxylation is 1. The van der Waals surface area contributed by atoms with Crippen LogP contribution < -0.4 is 10.2 Å². The van der Waals surface area contributed by atoms with E-state index in [9.17, 15) is 9.59 Å². The van der Waals surface area contributed by atoms with E-state index in [0.717, 1.165) is 48.5 Å². The van der Waals surface area contributed by atoms with Gasteiger partial charge in [0.1, 0.15) is 5.76 Å². The van der Waals surface area contributed by atoms with Gasteiger partial charge in [-0.3, -0.25) is 14.5 Å². The molecule has 0 fully saturated rings. The van der Waals surface area contributed by atoms with E-state index in [1.165, 1.54) is 16.7 Å². The second-order valence-electron chi connectivity index (χ2n) is 8.74. The van der Waals surface area contributed by atoms with Crippen molar-refractivity contribution in [2.75, 3.05) is 4.90 Å². The summed E-state index contributed by atoms with van der Waals surface area (Å²) in [6.45, 7) is 5.72. The quantitative estimate of drug-likeness (QED) is 0.641. The van der Waals surface area contributed by atoms with Crippen LogP contribution in [0, 0.1) is 0 Å². The smallest absolute Gasteiger partial charge is 0.280 e. The molecule has 0 saturated carbocycles. The zero-order valence-corrected chi connectivity index (χ0v) is 18.7. The van der Waals surface area contributed by atoms with Gasteiger partial charge in [0, 0.05) is 16.6 Å². The van der Waals surface area contributed by atoms with Crippen molar-refractivity contribution >= 4 is 29.0 Å². The van der Waals surface area contributed by atoms with Gasteiger partial charge in [-0.2, -0.15) is 0 Å². The van der Waals surface area contributed by atoms with Gasteiger partial charge in [0.15, 0.2) is 11.7 Å². The fraction of sp³-hybridized carbons (Fsp3) is 0.391. The number of hydrogen-bond donors (Lipinski definition) is 1. The summed E-state index contributed by atoms with van der Waals surface area (Å²) in [5, 5.41) is 8.60. The maximum atomic E-state index is 13.7. The van der Waals surface area contributed by atoms with E-state index < -0.39 is 11.6 Å². The van der Waals surface area contributed by atoms with Crippen LogP contribution in [0.15, 0.2) is 46.4 Å². The predicted molar refractivity (Wildman–Crippen MR) is 119 cm³/mol. The van der Waals surface area contributed by atoms with Crippen LogP contribution in [0.5, 0.6) is 0 Å². The van der Waals surface area contributed by atoms with Crippen molar-refractivity contribution in [3.05, 3.63) is 64.6 Å². The van der Waals surface area contributed by atoms with Crippen molar-refractivity contribution in [2.24, 2.45) is 0 Å². The molecule has 4 rings (SSSR count). The number of aromatic nitrogens is 2. The number of nitrogens with zero attached hydrogens (tertiary/aromatic N) is 3. The zero-order chi connectivity index (χ0) is 22.0. The zero-order valence-electron chi connectivity index (χ0n) is 17.9. The van der Waals surface area contributed by atoms with E-state index in [1.54, 1.807) is 17.5 Å². The van der Waals surface area contributed by atoms with Gasteiger partial charge in [-0.25, -0.2) is 0 Å². The molecule has 2 amide bonds. The van der Waals surface area contributed by atoms with Crippen molar-refractivity contribution in [1.82, 2.24) is 14.9 Å². The Morgan fingerprint density at radius 3 is 2.65 bits per heavy atom. The van der Waals surface area contributed by atoms with Gasteiger partial charge in [-0.15, -0.1) is 5.10 Å². The minimum Gasteiger partial charge on any atom is -0.467 e. The van der Waals surface area contributed by atoms with Gasteiger partial charge in [-0.1, -0.05) is 16.6 Å². The van der Waals surface area contributed by atoms with E-state index in [0.29, 0.717) is 5.76 Å². The average molecular weight is 439 g/mol. The third kappa shape index (κ3) is 4.54. The van der Waals surface area contributed by atoms with Crippen molar-refractivity contribution in [3.8, 4) is 0 Å². The van der Waals surface area contributed by atoms with Crippen LogP contribution in [0.2, 0.25) is 0 Å². The summed E-state index contributed by atoms with van der Waals surface area (Å²) in [7, 11) is 0. The summed E-state index contributed by atoms with van der Waals surface area (Å²) in [6, 6.07) is 8.42. The molecule has 0 saturated heterocycles. The number of carbonyl (C=O) groups is 2.